The van der Waals surface area contributed by atoms with Gasteiger partial charge in [0.25, 0.3) is 0 Å². The lowest BCUT2D eigenvalue weighted by Crippen LogP contribution is -2.07. The molecule has 3 nitrogen and oxygen atoms in total. The van der Waals surface area contributed by atoms with Gasteiger partial charge in [-0.15, -0.1) is 0 Å². The van der Waals surface area contributed by atoms with E-state index in [1.54, 1.807) is 48.5 Å². The second kappa shape index (κ2) is 6.87. The summed E-state index contributed by atoms with van der Waals surface area (Å²) >= 11 is 0. The monoisotopic (exact) mass is 419 g/mol. The van der Waals surface area contributed by atoms with Crippen LogP contribution in [0.2, 0.25) is 0 Å². The third kappa shape index (κ3) is 3.11. The van der Waals surface area contributed by atoms with Gasteiger partial charge in [-0.05, 0) is 35.4 Å². The van der Waals surface area contributed by atoms with Crippen LogP contribution in [0.25, 0.3) is 33.6 Å². The molecule has 0 aliphatic heterocycles. The molecule has 154 valence electrons. The van der Waals surface area contributed by atoms with Crippen molar-refractivity contribution in [2.45, 2.75) is 12.6 Å². The molecule has 0 spiro atoms. The summed E-state index contributed by atoms with van der Waals surface area (Å²) in [5, 5.41) is 20.8. The molecule has 3 aromatic carbocycles. The van der Waals surface area contributed by atoms with E-state index in [9.17, 15) is 23.4 Å². The first-order chi connectivity index (χ1) is 14.8. The minimum absolute atomic E-state index is 0.0196. The molecule has 0 saturated heterocycles. The predicted octanol–water partition coefficient (Wildman–Crippen LogP) is 6.42. The van der Waals surface area contributed by atoms with Gasteiger partial charge >= 0.3 is 6.18 Å². The van der Waals surface area contributed by atoms with E-state index in [2.05, 4.69) is 4.98 Å². The highest BCUT2D eigenvalue weighted by molar-refractivity contribution is 5.88. The smallest absolute Gasteiger partial charge is 0.417 e. The van der Waals surface area contributed by atoms with Crippen LogP contribution >= 0.6 is 0 Å². The van der Waals surface area contributed by atoms with Crippen LogP contribution in [0.15, 0.2) is 72.8 Å². The molecule has 1 aromatic heterocycles. The minimum Gasteiger partial charge on any atom is -0.508 e. The third-order valence-electron chi connectivity index (χ3n) is 5.59. The highest BCUT2D eigenvalue weighted by Crippen LogP contribution is 2.47. The van der Waals surface area contributed by atoms with Crippen LogP contribution in [-0.2, 0) is 12.6 Å². The summed E-state index contributed by atoms with van der Waals surface area (Å²) in [7, 11) is 0. The van der Waals surface area contributed by atoms with Gasteiger partial charge in [0.2, 0.25) is 0 Å². The Bertz CT molecular complexity index is 1330. The van der Waals surface area contributed by atoms with Crippen LogP contribution in [0.3, 0.4) is 0 Å². The number of hydrogen-bond donors (Lipinski definition) is 2. The highest BCUT2D eigenvalue weighted by atomic mass is 19.4. The maximum Gasteiger partial charge on any atom is 0.417 e. The fourth-order valence-corrected chi connectivity index (χ4v) is 4.17. The molecular formula is C25H16F3NO2. The molecule has 0 radical (unpaired) electrons. The van der Waals surface area contributed by atoms with Crippen molar-refractivity contribution >= 4 is 0 Å². The Morgan fingerprint density at radius 1 is 0.677 bits per heavy atom. The first-order valence-corrected chi connectivity index (χ1v) is 9.64. The largest absolute Gasteiger partial charge is 0.508 e. The first kappa shape index (κ1) is 19.2. The number of halogens is 3. The number of aromatic hydroxyl groups is 2. The summed E-state index contributed by atoms with van der Waals surface area (Å²) in [6.07, 6.45) is -4.17. The zero-order chi connectivity index (χ0) is 21.8. The molecule has 6 heteroatoms. The third-order valence-corrected chi connectivity index (χ3v) is 5.59. The van der Waals surface area contributed by atoms with Crippen LogP contribution < -0.4 is 0 Å². The van der Waals surface area contributed by atoms with Gasteiger partial charge in [0, 0.05) is 28.7 Å². The van der Waals surface area contributed by atoms with E-state index < -0.39 is 11.7 Å². The Balaban J connectivity index is 1.84. The number of fused-ring (bicyclic) bond motifs is 3. The van der Waals surface area contributed by atoms with E-state index >= 15 is 0 Å². The summed E-state index contributed by atoms with van der Waals surface area (Å²) in [6, 6.07) is 18.6. The molecule has 1 aliphatic carbocycles. The fraction of sp³-hybridized carbons (Fsp3) is 0.0800. The van der Waals surface area contributed by atoms with E-state index in [4.69, 9.17) is 0 Å². The molecule has 4 aromatic rings. The van der Waals surface area contributed by atoms with Crippen molar-refractivity contribution in [2.24, 2.45) is 0 Å². The molecule has 0 fully saturated rings. The number of alkyl halides is 3. The first-order valence-electron chi connectivity index (χ1n) is 9.64. The second-order valence-corrected chi connectivity index (χ2v) is 7.42. The summed E-state index contributed by atoms with van der Waals surface area (Å²) < 4.78 is 41.1. The zero-order valence-corrected chi connectivity index (χ0v) is 16.1. The fourth-order valence-electron chi connectivity index (χ4n) is 4.17. The number of benzene rings is 3. The van der Waals surface area contributed by atoms with E-state index in [0.717, 1.165) is 11.6 Å². The number of phenolic OH excluding ortho intramolecular Hbond substituents is 2. The van der Waals surface area contributed by atoms with Crippen molar-refractivity contribution in [3.05, 3.63) is 89.5 Å². The van der Waals surface area contributed by atoms with E-state index in [0.29, 0.717) is 34.4 Å². The molecular weight excluding hydrogens is 403 g/mol. The van der Waals surface area contributed by atoms with Crippen LogP contribution in [0.4, 0.5) is 13.2 Å². The van der Waals surface area contributed by atoms with Crippen LogP contribution in [0, 0.1) is 0 Å². The number of nitrogens with zero attached hydrogens (tertiary/aromatic N) is 1. The van der Waals surface area contributed by atoms with Crippen molar-refractivity contribution in [3.63, 3.8) is 0 Å². The summed E-state index contributed by atoms with van der Waals surface area (Å²) in [4.78, 5) is 4.60. The van der Waals surface area contributed by atoms with Gasteiger partial charge < -0.3 is 10.2 Å². The molecule has 1 aliphatic rings. The maximum absolute atomic E-state index is 13.7. The van der Waals surface area contributed by atoms with Gasteiger partial charge in [0.05, 0.1) is 17.0 Å². The quantitative estimate of drug-likeness (QED) is 0.347. The Hall–Kier alpha value is -3.80. The molecule has 0 atom stereocenters. The SMILES string of the molecule is Oc1ccccc1-c1cc(-c2ccccc2C(F)(F)F)nc2c1Cc1c(O)cccc1-2. The molecule has 0 saturated carbocycles. The van der Waals surface area contributed by atoms with Crippen LogP contribution in [-0.4, -0.2) is 15.2 Å². The maximum atomic E-state index is 13.7. The van der Waals surface area contributed by atoms with E-state index in [1.807, 2.05) is 0 Å². The molecule has 0 amide bonds. The normalized spacial score (nSPS) is 12.5. The van der Waals surface area contributed by atoms with Crippen LogP contribution in [0.1, 0.15) is 16.7 Å². The van der Waals surface area contributed by atoms with Crippen molar-refractivity contribution in [1.82, 2.24) is 4.98 Å². The Morgan fingerprint density at radius 2 is 1.32 bits per heavy atom. The number of aromatic nitrogens is 1. The highest BCUT2D eigenvalue weighted by Gasteiger charge is 2.35. The van der Waals surface area contributed by atoms with Gasteiger partial charge in [-0.1, -0.05) is 48.5 Å². The molecule has 2 N–H and O–H groups in total. The number of pyridine rings is 1. The predicted molar refractivity (Wildman–Crippen MR) is 112 cm³/mol. The molecule has 31 heavy (non-hydrogen) atoms. The van der Waals surface area contributed by atoms with Crippen molar-refractivity contribution in [2.75, 3.05) is 0 Å². The van der Waals surface area contributed by atoms with Crippen molar-refractivity contribution < 1.29 is 23.4 Å². The second-order valence-electron chi connectivity index (χ2n) is 7.42. The molecule has 0 unspecified atom stereocenters. The van der Waals surface area contributed by atoms with Gasteiger partial charge in [-0.3, -0.25) is 0 Å². The van der Waals surface area contributed by atoms with Crippen LogP contribution in [0.5, 0.6) is 11.5 Å². The lowest BCUT2D eigenvalue weighted by Gasteiger charge is -2.16. The van der Waals surface area contributed by atoms with Crippen molar-refractivity contribution in [3.8, 4) is 45.1 Å². The zero-order valence-electron chi connectivity index (χ0n) is 16.1. The lowest BCUT2D eigenvalue weighted by atomic mass is 9.94. The average Bonchev–Trinajstić information content (AvgIpc) is 3.13. The summed E-state index contributed by atoms with van der Waals surface area (Å²) in [5.74, 6) is 0.127. The summed E-state index contributed by atoms with van der Waals surface area (Å²) in [5.41, 5.74) is 3.04. The molecule has 1 heterocycles. The van der Waals surface area contributed by atoms with Gasteiger partial charge in [0.1, 0.15) is 11.5 Å². The molecule has 0 bridgehead atoms. The summed E-state index contributed by atoms with van der Waals surface area (Å²) in [6.45, 7) is 0. The Morgan fingerprint density at radius 3 is 2.06 bits per heavy atom. The number of rotatable bonds is 2. The number of hydrogen-bond acceptors (Lipinski definition) is 3. The minimum atomic E-state index is -4.54. The topological polar surface area (TPSA) is 53.4 Å². The van der Waals surface area contributed by atoms with Gasteiger partial charge in [-0.2, -0.15) is 13.2 Å². The standard InChI is InChI=1S/C25H16F3NO2/c26-25(27,28)20-9-3-1-7-16(20)21-13-17(14-6-2-4-10-22(14)30)19-12-18-15(24(19)29-21)8-5-11-23(18)31/h1-11,13,30-31H,12H2. The Labute approximate surface area is 176 Å². The number of phenols is 2. The van der Waals surface area contributed by atoms with Crippen molar-refractivity contribution in [1.29, 1.82) is 0 Å². The lowest BCUT2D eigenvalue weighted by molar-refractivity contribution is -0.137. The van der Waals surface area contributed by atoms with E-state index in [-0.39, 0.29) is 22.8 Å². The molecule has 5 rings (SSSR count). The van der Waals surface area contributed by atoms with E-state index in [1.165, 1.54) is 18.2 Å². The van der Waals surface area contributed by atoms with Gasteiger partial charge in [0.15, 0.2) is 0 Å². The Kier molecular flexibility index (Phi) is 4.25. The average molecular weight is 419 g/mol. The number of para-hydroxylation sites is 1. The van der Waals surface area contributed by atoms with Gasteiger partial charge in [-0.25, -0.2) is 4.98 Å².